The van der Waals surface area contributed by atoms with Crippen LogP contribution in [0.2, 0.25) is 0 Å². The van der Waals surface area contributed by atoms with E-state index in [1.807, 2.05) is 0 Å². The average molecular weight is 162 g/mol. The summed E-state index contributed by atoms with van der Waals surface area (Å²) in [5.41, 5.74) is 3.48. The average Bonchev–Trinajstić information content (AvgIpc) is 2.53. The van der Waals surface area contributed by atoms with Crippen molar-refractivity contribution in [2.45, 2.75) is 45.4 Å². The molecule has 0 nitrogen and oxygen atoms in total. The first-order chi connectivity index (χ1) is 5.92. The Bertz CT molecular complexity index is 220. The summed E-state index contributed by atoms with van der Waals surface area (Å²) < 4.78 is 0. The van der Waals surface area contributed by atoms with E-state index in [1.165, 1.54) is 38.5 Å². The van der Waals surface area contributed by atoms with Crippen molar-refractivity contribution in [3.05, 3.63) is 23.3 Å². The highest BCUT2D eigenvalue weighted by molar-refractivity contribution is 5.33. The molecule has 2 aliphatic rings. The van der Waals surface area contributed by atoms with Gasteiger partial charge in [-0.25, -0.2) is 0 Å². The fourth-order valence-electron chi connectivity index (χ4n) is 2.59. The van der Waals surface area contributed by atoms with Crippen LogP contribution in [-0.4, -0.2) is 0 Å². The molecule has 0 saturated heterocycles. The van der Waals surface area contributed by atoms with Crippen LogP contribution in [0.15, 0.2) is 23.3 Å². The minimum absolute atomic E-state index is 0.941. The molecule has 0 aromatic rings. The second-order valence-corrected chi connectivity index (χ2v) is 4.03. The predicted molar refractivity (Wildman–Crippen MR) is 53.0 cm³/mol. The monoisotopic (exact) mass is 162 g/mol. The van der Waals surface area contributed by atoms with E-state index in [2.05, 4.69) is 19.1 Å². The van der Waals surface area contributed by atoms with Gasteiger partial charge in [-0.3, -0.25) is 0 Å². The third-order valence-corrected chi connectivity index (χ3v) is 3.16. The number of allylic oxidation sites excluding steroid dienone is 4. The lowest BCUT2D eigenvalue weighted by molar-refractivity contribution is 0.623. The maximum absolute atomic E-state index is 2.38. The molecule has 66 valence electrons. The lowest BCUT2D eigenvalue weighted by Gasteiger charge is -2.18. The number of hydrogen-bond donors (Lipinski definition) is 0. The fourth-order valence-corrected chi connectivity index (χ4v) is 2.59. The smallest absolute Gasteiger partial charge is 0.0163 e. The Hall–Kier alpha value is -0.520. The molecule has 1 saturated carbocycles. The van der Waals surface area contributed by atoms with Crippen LogP contribution in [0.5, 0.6) is 0 Å². The highest BCUT2D eigenvalue weighted by Crippen LogP contribution is 2.39. The van der Waals surface area contributed by atoms with E-state index in [4.69, 9.17) is 0 Å². The molecule has 0 heterocycles. The number of fused-ring (bicyclic) bond motifs is 1. The molecule has 1 unspecified atom stereocenters. The van der Waals surface area contributed by atoms with Gasteiger partial charge in [0.25, 0.3) is 0 Å². The number of rotatable bonds is 2. The van der Waals surface area contributed by atoms with Crippen molar-refractivity contribution < 1.29 is 0 Å². The van der Waals surface area contributed by atoms with Crippen molar-refractivity contribution in [1.82, 2.24) is 0 Å². The molecule has 0 spiro atoms. The van der Waals surface area contributed by atoms with Gasteiger partial charge >= 0.3 is 0 Å². The van der Waals surface area contributed by atoms with Crippen LogP contribution < -0.4 is 0 Å². The first-order valence-electron chi connectivity index (χ1n) is 5.30. The minimum Gasteiger partial charge on any atom is -0.0837 e. The molecule has 0 bridgehead atoms. The summed E-state index contributed by atoms with van der Waals surface area (Å²) in [5, 5.41) is 0. The lowest BCUT2D eigenvalue weighted by Crippen LogP contribution is -2.02. The molecular weight excluding hydrogens is 144 g/mol. The van der Waals surface area contributed by atoms with Crippen LogP contribution in [0.1, 0.15) is 45.4 Å². The van der Waals surface area contributed by atoms with Gasteiger partial charge < -0.3 is 0 Å². The van der Waals surface area contributed by atoms with Crippen molar-refractivity contribution in [3.63, 3.8) is 0 Å². The molecule has 12 heavy (non-hydrogen) atoms. The topological polar surface area (TPSA) is 0 Å². The summed E-state index contributed by atoms with van der Waals surface area (Å²) >= 11 is 0. The Labute approximate surface area is 75.4 Å². The molecule has 0 radical (unpaired) electrons. The summed E-state index contributed by atoms with van der Waals surface area (Å²) in [7, 11) is 0. The normalized spacial score (nSPS) is 27.9. The quantitative estimate of drug-likeness (QED) is 0.578. The largest absolute Gasteiger partial charge is 0.0837 e. The van der Waals surface area contributed by atoms with Crippen LogP contribution in [0.25, 0.3) is 0 Å². The molecule has 0 amide bonds. The van der Waals surface area contributed by atoms with Crippen LogP contribution >= 0.6 is 0 Å². The Balaban J connectivity index is 2.19. The van der Waals surface area contributed by atoms with E-state index in [9.17, 15) is 0 Å². The van der Waals surface area contributed by atoms with Gasteiger partial charge in [0.15, 0.2) is 0 Å². The first-order valence-corrected chi connectivity index (χ1v) is 5.30. The van der Waals surface area contributed by atoms with Crippen molar-refractivity contribution in [1.29, 1.82) is 0 Å². The van der Waals surface area contributed by atoms with Crippen molar-refractivity contribution in [3.8, 4) is 0 Å². The Kier molecular flexibility index (Phi) is 2.34. The second-order valence-electron chi connectivity index (χ2n) is 4.03. The van der Waals surface area contributed by atoms with Crippen molar-refractivity contribution in [2.24, 2.45) is 5.92 Å². The molecular formula is C12H18. The molecule has 1 fully saturated rings. The van der Waals surface area contributed by atoms with Gasteiger partial charge in [0.2, 0.25) is 0 Å². The van der Waals surface area contributed by atoms with E-state index >= 15 is 0 Å². The molecule has 0 aromatic carbocycles. The second kappa shape index (κ2) is 3.47. The Morgan fingerprint density at radius 2 is 2.42 bits per heavy atom. The van der Waals surface area contributed by atoms with Crippen LogP contribution in [0, 0.1) is 5.92 Å². The van der Waals surface area contributed by atoms with E-state index in [0.29, 0.717) is 0 Å². The molecule has 0 heteroatoms. The van der Waals surface area contributed by atoms with Gasteiger partial charge in [-0.05, 0) is 43.6 Å². The maximum atomic E-state index is 2.38. The van der Waals surface area contributed by atoms with E-state index in [-0.39, 0.29) is 0 Å². The Morgan fingerprint density at radius 3 is 3.25 bits per heavy atom. The van der Waals surface area contributed by atoms with E-state index in [0.717, 1.165) is 5.92 Å². The van der Waals surface area contributed by atoms with Gasteiger partial charge in [-0.1, -0.05) is 31.1 Å². The maximum Gasteiger partial charge on any atom is -0.0163 e. The number of hydrogen-bond acceptors (Lipinski definition) is 0. The summed E-state index contributed by atoms with van der Waals surface area (Å²) in [6, 6.07) is 0. The van der Waals surface area contributed by atoms with Crippen LogP contribution in [0.4, 0.5) is 0 Å². The molecule has 2 aliphatic carbocycles. The van der Waals surface area contributed by atoms with Gasteiger partial charge in [-0.15, -0.1) is 0 Å². The highest BCUT2D eigenvalue weighted by atomic mass is 14.3. The molecule has 0 aliphatic heterocycles. The van der Waals surface area contributed by atoms with Gasteiger partial charge in [0.1, 0.15) is 0 Å². The molecule has 0 N–H and O–H groups in total. The third-order valence-electron chi connectivity index (χ3n) is 3.16. The summed E-state index contributed by atoms with van der Waals surface area (Å²) in [6.45, 7) is 2.28. The minimum atomic E-state index is 0.941. The Morgan fingerprint density at radius 1 is 1.50 bits per heavy atom. The lowest BCUT2D eigenvalue weighted by atomic mass is 9.88. The zero-order chi connectivity index (χ0) is 8.39. The van der Waals surface area contributed by atoms with Crippen molar-refractivity contribution in [2.75, 3.05) is 0 Å². The predicted octanol–water partition coefficient (Wildman–Crippen LogP) is 3.84. The molecule has 0 aromatic heterocycles. The summed E-state index contributed by atoms with van der Waals surface area (Å²) in [5.74, 6) is 0.941. The van der Waals surface area contributed by atoms with Gasteiger partial charge in [0.05, 0.1) is 0 Å². The molecule has 2 rings (SSSR count). The standard InChI is InChI=1S/C12H18/c1-2-5-10-6-3-7-11-8-4-9-12(10)11/h3,6,11H,2,4-5,7-9H2,1H3. The SMILES string of the molecule is CCCC1=C2CCCC2CC=C1. The summed E-state index contributed by atoms with van der Waals surface area (Å²) in [6.07, 6.45) is 13.0. The van der Waals surface area contributed by atoms with Crippen LogP contribution in [0.3, 0.4) is 0 Å². The molecule has 1 atom stereocenters. The zero-order valence-corrected chi connectivity index (χ0v) is 7.97. The fraction of sp³-hybridized carbons (Fsp3) is 0.667. The van der Waals surface area contributed by atoms with Crippen molar-refractivity contribution >= 4 is 0 Å². The van der Waals surface area contributed by atoms with E-state index < -0.39 is 0 Å². The first kappa shape index (κ1) is 8.10. The van der Waals surface area contributed by atoms with Gasteiger partial charge in [0, 0.05) is 0 Å². The third kappa shape index (κ3) is 1.35. The highest BCUT2D eigenvalue weighted by Gasteiger charge is 2.23. The van der Waals surface area contributed by atoms with E-state index in [1.54, 1.807) is 11.1 Å². The van der Waals surface area contributed by atoms with Gasteiger partial charge in [-0.2, -0.15) is 0 Å². The summed E-state index contributed by atoms with van der Waals surface area (Å²) in [4.78, 5) is 0. The zero-order valence-electron chi connectivity index (χ0n) is 7.97. The van der Waals surface area contributed by atoms with Crippen LogP contribution in [-0.2, 0) is 0 Å².